The Hall–Kier alpha value is -3.94. The van der Waals surface area contributed by atoms with Crippen molar-refractivity contribution in [2.24, 2.45) is 5.10 Å². The van der Waals surface area contributed by atoms with Gasteiger partial charge in [-0.05, 0) is 61.9 Å². The lowest BCUT2D eigenvalue weighted by atomic mass is 10.1. The standard InChI is InChI=1S/C22H20N2O6/c1-4-29-20-12-15(5-10-19(20)30-14(3)25)11-18-13(2)23-24(21(18)26)17-8-6-16(7-9-17)22(27)28/h5-12H,4H2,1-3H3,(H,27,28)/b18-11-. The van der Waals surface area contributed by atoms with Gasteiger partial charge in [0.2, 0.25) is 0 Å². The maximum Gasteiger partial charge on any atom is 0.335 e. The Kier molecular flexibility index (Phi) is 5.96. The highest BCUT2D eigenvalue weighted by Crippen LogP contribution is 2.31. The maximum absolute atomic E-state index is 12.9. The molecule has 2 aromatic rings. The number of hydrogen-bond acceptors (Lipinski definition) is 6. The van der Waals surface area contributed by atoms with E-state index >= 15 is 0 Å². The van der Waals surface area contributed by atoms with Gasteiger partial charge in [0.25, 0.3) is 5.91 Å². The molecular formula is C22H20N2O6. The quantitative estimate of drug-likeness (QED) is 0.445. The summed E-state index contributed by atoms with van der Waals surface area (Å²) in [6.07, 6.45) is 1.67. The number of nitrogens with zero attached hydrogens (tertiary/aromatic N) is 2. The van der Waals surface area contributed by atoms with Crippen molar-refractivity contribution in [3.63, 3.8) is 0 Å². The van der Waals surface area contributed by atoms with E-state index in [9.17, 15) is 14.4 Å². The molecule has 1 amide bonds. The molecule has 3 rings (SSSR count). The summed E-state index contributed by atoms with van der Waals surface area (Å²) in [4.78, 5) is 35.2. The number of amides is 1. The number of ether oxygens (including phenoxy) is 2. The summed E-state index contributed by atoms with van der Waals surface area (Å²) >= 11 is 0. The van der Waals surface area contributed by atoms with Crippen LogP contribution in [-0.4, -0.2) is 35.3 Å². The van der Waals surface area contributed by atoms with E-state index in [1.807, 2.05) is 6.92 Å². The molecule has 1 aliphatic rings. The SMILES string of the molecule is CCOc1cc(/C=C2\C(=O)N(c3ccc(C(=O)O)cc3)N=C2C)ccc1OC(C)=O. The molecule has 0 aliphatic carbocycles. The van der Waals surface area contributed by atoms with Crippen LogP contribution in [0.5, 0.6) is 11.5 Å². The fourth-order valence-corrected chi connectivity index (χ4v) is 2.89. The Morgan fingerprint density at radius 3 is 2.43 bits per heavy atom. The second-order valence-electron chi connectivity index (χ2n) is 6.45. The molecule has 1 aliphatic heterocycles. The number of esters is 1. The number of rotatable bonds is 6. The number of carboxylic acid groups (broad SMARTS) is 1. The highest BCUT2D eigenvalue weighted by atomic mass is 16.6. The number of benzene rings is 2. The van der Waals surface area contributed by atoms with Crippen LogP contribution in [0.2, 0.25) is 0 Å². The molecule has 0 radical (unpaired) electrons. The zero-order chi connectivity index (χ0) is 21.8. The lowest BCUT2D eigenvalue weighted by molar-refractivity contribution is -0.132. The molecule has 0 spiro atoms. The van der Waals surface area contributed by atoms with Crippen molar-refractivity contribution in [2.75, 3.05) is 11.6 Å². The molecule has 8 heteroatoms. The van der Waals surface area contributed by atoms with Crippen molar-refractivity contribution >= 4 is 35.3 Å². The summed E-state index contributed by atoms with van der Waals surface area (Å²) in [5.41, 5.74) is 2.17. The third-order valence-corrected chi connectivity index (χ3v) is 4.25. The topological polar surface area (TPSA) is 106 Å². The molecule has 30 heavy (non-hydrogen) atoms. The zero-order valence-electron chi connectivity index (χ0n) is 16.7. The van der Waals surface area contributed by atoms with Crippen LogP contribution in [0.25, 0.3) is 6.08 Å². The fourth-order valence-electron chi connectivity index (χ4n) is 2.89. The summed E-state index contributed by atoms with van der Waals surface area (Å²) in [5, 5.41) is 14.5. The van der Waals surface area contributed by atoms with Gasteiger partial charge in [0.05, 0.1) is 29.1 Å². The lowest BCUT2D eigenvalue weighted by Crippen LogP contribution is -2.21. The van der Waals surface area contributed by atoms with Gasteiger partial charge < -0.3 is 14.6 Å². The Morgan fingerprint density at radius 2 is 1.83 bits per heavy atom. The van der Waals surface area contributed by atoms with Gasteiger partial charge in [-0.2, -0.15) is 10.1 Å². The smallest absolute Gasteiger partial charge is 0.335 e. The molecule has 0 atom stereocenters. The Bertz CT molecular complexity index is 1070. The molecule has 1 N–H and O–H groups in total. The first-order valence-electron chi connectivity index (χ1n) is 9.20. The molecule has 2 aromatic carbocycles. The minimum absolute atomic E-state index is 0.123. The van der Waals surface area contributed by atoms with Crippen LogP contribution < -0.4 is 14.5 Å². The van der Waals surface area contributed by atoms with E-state index in [4.69, 9.17) is 14.6 Å². The van der Waals surface area contributed by atoms with Gasteiger partial charge in [-0.15, -0.1) is 0 Å². The average molecular weight is 408 g/mol. The number of carboxylic acids is 1. The molecule has 0 fully saturated rings. The van der Waals surface area contributed by atoms with Crippen LogP contribution in [0.15, 0.2) is 53.1 Å². The highest BCUT2D eigenvalue weighted by Gasteiger charge is 2.29. The van der Waals surface area contributed by atoms with Gasteiger partial charge >= 0.3 is 11.9 Å². The van der Waals surface area contributed by atoms with E-state index < -0.39 is 11.9 Å². The lowest BCUT2D eigenvalue weighted by Gasteiger charge is -2.12. The van der Waals surface area contributed by atoms with Gasteiger partial charge in [0.15, 0.2) is 11.5 Å². The molecule has 0 saturated carbocycles. The van der Waals surface area contributed by atoms with E-state index in [0.29, 0.717) is 40.6 Å². The monoisotopic (exact) mass is 408 g/mol. The first-order valence-corrected chi connectivity index (χ1v) is 9.20. The van der Waals surface area contributed by atoms with E-state index in [1.165, 1.54) is 36.2 Å². The predicted octanol–water partition coefficient (Wildman–Crippen LogP) is 3.51. The van der Waals surface area contributed by atoms with E-state index in [1.54, 1.807) is 31.2 Å². The summed E-state index contributed by atoms with van der Waals surface area (Å²) in [6.45, 7) is 5.22. The van der Waals surface area contributed by atoms with Crippen LogP contribution in [0.4, 0.5) is 5.69 Å². The number of anilines is 1. The number of hydrogen-bond donors (Lipinski definition) is 1. The normalized spacial score (nSPS) is 14.6. The largest absolute Gasteiger partial charge is 0.490 e. The molecule has 154 valence electrons. The molecule has 0 unspecified atom stereocenters. The number of carbonyl (C=O) groups is 3. The van der Waals surface area contributed by atoms with E-state index in [0.717, 1.165) is 0 Å². The van der Waals surface area contributed by atoms with Gasteiger partial charge in [-0.3, -0.25) is 9.59 Å². The molecule has 1 heterocycles. The second kappa shape index (κ2) is 8.60. The number of aromatic carboxylic acids is 1. The van der Waals surface area contributed by atoms with Crippen LogP contribution in [-0.2, 0) is 9.59 Å². The van der Waals surface area contributed by atoms with Crippen molar-refractivity contribution < 1.29 is 29.0 Å². The van der Waals surface area contributed by atoms with Gasteiger partial charge in [-0.1, -0.05) is 6.07 Å². The minimum Gasteiger partial charge on any atom is -0.490 e. The third-order valence-electron chi connectivity index (χ3n) is 4.25. The summed E-state index contributed by atoms with van der Waals surface area (Å²) < 4.78 is 10.7. The van der Waals surface area contributed by atoms with Crippen molar-refractivity contribution in [1.29, 1.82) is 0 Å². The third kappa shape index (κ3) is 4.38. The first-order chi connectivity index (χ1) is 14.3. The minimum atomic E-state index is -1.04. The Labute approximate surface area is 173 Å². The molecule has 0 bridgehead atoms. The summed E-state index contributed by atoms with van der Waals surface area (Å²) in [5.74, 6) is -1.15. The van der Waals surface area contributed by atoms with Crippen molar-refractivity contribution in [1.82, 2.24) is 0 Å². The molecule has 0 aromatic heterocycles. The predicted molar refractivity (Wildman–Crippen MR) is 111 cm³/mol. The van der Waals surface area contributed by atoms with Crippen LogP contribution in [0, 0.1) is 0 Å². The zero-order valence-corrected chi connectivity index (χ0v) is 16.7. The van der Waals surface area contributed by atoms with Crippen molar-refractivity contribution in [2.45, 2.75) is 20.8 Å². The van der Waals surface area contributed by atoms with Gasteiger partial charge in [-0.25, -0.2) is 4.79 Å². The van der Waals surface area contributed by atoms with Crippen LogP contribution in [0.1, 0.15) is 36.7 Å². The van der Waals surface area contributed by atoms with E-state index in [2.05, 4.69) is 5.10 Å². The molecule has 0 saturated heterocycles. The fraction of sp³-hybridized carbons (Fsp3) is 0.182. The van der Waals surface area contributed by atoms with Crippen LogP contribution >= 0.6 is 0 Å². The summed E-state index contributed by atoms with van der Waals surface area (Å²) in [7, 11) is 0. The maximum atomic E-state index is 12.9. The van der Waals surface area contributed by atoms with E-state index in [-0.39, 0.29) is 11.5 Å². The van der Waals surface area contributed by atoms with Gasteiger partial charge in [0.1, 0.15) is 0 Å². The second-order valence-corrected chi connectivity index (χ2v) is 6.45. The Balaban J connectivity index is 1.90. The number of hydrazone groups is 1. The molecular weight excluding hydrogens is 388 g/mol. The number of carbonyl (C=O) groups excluding carboxylic acids is 2. The van der Waals surface area contributed by atoms with Crippen LogP contribution in [0.3, 0.4) is 0 Å². The highest BCUT2D eigenvalue weighted by molar-refractivity contribution is 6.32. The molecule has 8 nitrogen and oxygen atoms in total. The van der Waals surface area contributed by atoms with Crippen molar-refractivity contribution in [3.8, 4) is 11.5 Å². The Morgan fingerprint density at radius 1 is 1.13 bits per heavy atom. The van der Waals surface area contributed by atoms with Gasteiger partial charge in [0, 0.05) is 6.92 Å². The average Bonchev–Trinajstić information content (AvgIpc) is 2.98. The summed E-state index contributed by atoms with van der Waals surface area (Å²) in [6, 6.07) is 10.9. The van der Waals surface area contributed by atoms with Crippen molar-refractivity contribution in [3.05, 3.63) is 59.2 Å². The first kappa shape index (κ1) is 20.8.